The number of piperidine rings is 1. The van der Waals surface area contributed by atoms with Crippen LogP contribution in [0.1, 0.15) is 18.4 Å². The number of hydrogen-bond donors (Lipinski definition) is 2. The summed E-state index contributed by atoms with van der Waals surface area (Å²) in [7, 11) is 0. The molecule has 1 saturated heterocycles. The van der Waals surface area contributed by atoms with Crippen LogP contribution in [0.5, 0.6) is 0 Å². The molecule has 27 heavy (non-hydrogen) atoms. The third-order valence-corrected chi connectivity index (χ3v) is 5.24. The maximum atomic E-state index is 13.0. The van der Waals surface area contributed by atoms with E-state index in [9.17, 15) is 9.18 Å². The van der Waals surface area contributed by atoms with Crippen LogP contribution in [-0.2, 0) is 11.2 Å². The monoisotopic (exact) mass is 366 g/mol. The number of carbonyl (C=O) groups excluding carboxylic acids is 1. The van der Waals surface area contributed by atoms with Crippen molar-refractivity contribution in [1.29, 1.82) is 0 Å². The fraction of sp³-hybridized carbons (Fsp3) is 0.333. The van der Waals surface area contributed by atoms with Crippen LogP contribution in [0.2, 0.25) is 0 Å². The Bertz CT molecular complexity index is 913. The normalized spacial score (nSPS) is 15.9. The van der Waals surface area contributed by atoms with Gasteiger partial charge in [-0.2, -0.15) is 5.10 Å². The summed E-state index contributed by atoms with van der Waals surface area (Å²) in [5.41, 5.74) is 2.87. The highest BCUT2D eigenvalue weighted by Crippen LogP contribution is 2.22. The van der Waals surface area contributed by atoms with Gasteiger partial charge in [-0.05, 0) is 74.2 Å². The molecule has 0 aliphatic carbocycles. The van der Waals surface area contributed by atoms with Gasteiger partial charge in [-0.25, -0.2) is 4.39 Å². The molecule has 0 saturated carbocycles. The van der Waals surface area contributed by atoms with Crippen molar-refractivity contribution in [3.8, 4) is 0 Å². The summed E-state index contributed by atoms with van der Waals surface area (Å²) in [5.74, 6) is 0.412. The molecule has 1 aliphatic heterocycles. The van der Waals surface area contributed by atoms with E-state index >= 15 is 0 Å². The smallest absolute Gasteiger partial charge is 0.238 e. The molecule has 140 valence electrons. The lowest BCUT2D eigenvalue weighted by atomic mass is 9.90. The van der Waals surface area contributed by atoms with Gasteiger partial charge in [-0.1, -0.05) is 12.1 Å². The summed E-state index contributed by atoms with van der Waals surface area (Å²) < 4.78 is 13.0. The number of nitrogens with zero attached hydrogens (tertiary/aromatic N) is 2. The second-order valence-electron chi connectivity index (χ2n) is 7.27. The summed E-state index contributed by atoms with van der Waals surface area (Å²) in [5, 5.41) is 10.9. The quantitative estimate of drug-likeness (QED) is 0.725. The van der Waals surface area contributed by atoms with E-state index in [4.69, 9.17) is 0 Å². The van der Waals surface area contributed by atoms with Crippen LogP contribution in [0, 0.1) is 11.7 Å². The minimum atomic E-state index is -0.189. The molecule has 0 atom stereocenters. The zero-order chi connectivity index (χ0) is 18.6. The highest BCUT2D eigenvalue weighted by atomic mass is 19.1. The average molecular weight is 366 g/mol. The molecule has 0 bridgehead atoms. The van der Waals surface area contributed by atoms with E-state index in [1.807, 2.05) is 30.3 Å². The van der Waals surface area contributed by atoms with Gasteiger partial charge in [0, 0.05) is 11.1 Å². The van der Waals surface area contributed by atoms with E-state index in [0.717, 1.165) is 48.9 Å². The molecule has 1 amide bonds. The second kappa shape index (κ2) is 7.88. The lowest BCUT2D eigenvalue weighted by Gasteiger charge is -2.31. The summed E-state index contributed by atoms with van der Waals surface area (Å²) in [6.45, 7) is 2.24. The minimum absolute atomic E-state index is 0.00542. The number of H-pyrrole nitrogens is 1. The molecule has 3 aromatic rings. The van der Waals surface area contributed by atoms with Crippen LogP contribution in [0.15, 0.2) is 48.7 Å². The standard InChI is InChI=1S/C21H23FN4O/c22-18-4-1-15(2-5-18)11-16-7-9-26(10-8-16)14-21(27)24-19-6-3-17-13-23-25-20(17)12-19/h1-6,12-13,16H,7-11,14H2,(H,23,25)(H,24,27). The van der Waals surface area contributed by atoms with E-state index in [-0.39, 0.29) is 11.7 Å². The number of benzene rings is 2. The van der Waals surface area contributed by atoms with E-state index < -0.39 is 0 Å². The molecule has 2 aromatic carbocycles. The van der Waals surface area contributed by atoms with Gasteiger partial charge in [0.25, 0.3) is 0 Å². The molecule has 1 fully saturated rings. The molecule has 0 unspecified atom stereocenters. The summed E-state index contributed by atoms with van der Waals surface area (Å²) >= 11 is 0. The van der Waals surface area contributed by atoms with Crippen molar-refractivity contribution >= 4 is 22.5 Å². The van der Waals surface area contributed by atoms with Crippen LogP contribution in [-0.4, -0.2) is 40.6 Å². The molecule has 0 radical (unpaired) electrons. The Kier molecular flexibility index (Phi) is 5.16. The number of rotatable bonds is 5. The number of aromatic amines is 1. The van der Waals surface area contributed by atoms with Gasteiger partial charge in [-0.15, -0.1) is 0 Å². The second-order valence-corrected chi connectivity index (χ2v) is 7.27. The largest absolute Gasteiger partial charge is 0.325 e. The van der Waals surface area contributed by atoms with Crippen molar-refractivity contribution < 1.29 is 9.18 Å². The predicted octanol–water partition coefficient (Wildman–Crippen LogP) is 3.60. The first-order valence-electron chi connectivity index (χ1n) is 9.35. The maximum Gasteiger partial charge on any atom is 0.238 e. The third kappa shape index (κ3) is 4.52. The lowest BCUT2D eigenvalue weighted by molar-refractivity contribution is -0.117. The fourth-order valence-electron chi connectivity index (χ4n) is 3.72. The van der Waals surface area contributed by atoms with Gasteiger partial charge in [0.1, 0.15) is 5.82 Å². The van der Waals surface area contributed by atoms with Gasteiger partial charge >= 0.3 is 0 Å². The molecule has 5 nitrogen and oxygen atoms in total. The zero-order valence-corrected chi connectivity index (χ0v) is 15.1. The van der Waals surface area contributed by atoms with Gasteiger partial charge in [0.05, 0.1) is 18.3 Å². The molecule has 0 spiro atoms. The molecule has 6 heteroatoms. The van der Waals surface area contributed by atoms with Crippen molar-refractivity contribution in [3.63, 3.8) is 0 Å². The van der Waals surface area contributed by atoms with Gasteiger partial charge in [0.2, 0.25) is 5.91 Å². The van der Waals surface area contributed by atoms with E-state index in [1.54, 1.807) is 6.20 Å². The van der Waals surface area contributed by atoms with E-state index in [1.165, 1.54) is 17.7 Å². The van der Waals surface area contributed by atoms with Crippen molar-refractivity contribution in [1.82, 2.24) is 15.1 Å². The number of amides is 1. The van der Waals surface area contributed by atoms with Gasteiger partial charge < -0.3 is 5.32 Å². The Morgan fingerprint density at radius 1 is 1.19 bits per heavy atom. The first-order valence-corrected chi connectivity index (χ1v) is 9.35. The molecule has 1 aromatic heterocycles. The Morgan fingerprint density at radius 2 is 1.96 bits per heavy atom. The van der Waals surface area contributed by atoms with Crippen molar-refractivity contribution in [2.45, 2.75) is 19.3 Å². The molecule has 4 rings (SSSR count). The molecular formula is C21H23FN4O. The first kappa shape index (κ1) is 17.7. The first-order chi connectivity index (χ1) is 13.2. The number of carbonyl (C=O) groups is 1. The summed E-state index contributed by atoms with van der Waals surface area (Å²) in [6.07, 6.45) is 4.86. The number of hydrogen-bond acceptors (Lipinski definition) is 3. The fourth-order valence-corrected chi connectivity index (χ4v) is 3.72. The molecule has 2 heterocycles. The third-order valence-electron chi connectivity index (χ3n) is 5.24. The molecule has 1 aliphatic rings. The lowest BCUT2D eigenvalue weighted by Crippen LogP contribution is -2.39. The number of anilines is 1. The molecular weight excluding hydrogens is 343 g/mol. The van der Waals surface area contributed by atoms with E-state index in [0.29, 0.717) is 12.5 Å². The van der Waals surface area contributed by atoms with Crippen LogP contribution in [0.4, 0.5) is 10.1 Å². The maximum absolute atomic E-state index is 13.0. The summed E-state index contributed by atoms with van der Waals surface area (Å²) in [4.78, 5) is 14.5. The van der Waals surface area contributed by atoms with Crippen LogP contribution >= 0.6 is 0 Å². The summed E-state index contributed by atoms with van der Waals surface area (Å²) in [6, 6.07) is 12.5. The van der Waals surface area contributed by atoms with Crippen molar-refractivity contribution in [2.75, 3.05) is 25.0 Å². The number of halogens is 1. The Balaban J connectivity index is 1.24. The Labute approximate surface area is 157 Å². The number of likely N-dealkylation sites (tertiary alicyclic amines) is 1. The number of fused-ring (bicyclic) bond motifs is 1. The van der Waals surface area contributed by atoms with Crippen LogP contribution < -0.4 is 5.32 Å². The van der Waals surface area contributed by atoms with Crippen LogP contribution in [0.25, 0.3) is 10.9 Å². The Morgan fingerprint density at radius 3 is 2.74 bits per heavy atom. The van der Waals surface area contributed by atoms with Gasteiger partial charge in [-0.3, -0.25) is 14.8 Å². The average Bonchev–Trinajstić information content (AvgIpc) is 3.13. The SMILES string of the molecule is O=C(CN1CCC(Cc2ccc(F)cc2)CC1)Nc1ccc2cn[nH]c2c1. The van der Waals surface area contributed by atoms with Crippen LogP contribution in [0.3, 0.4) is 0 Å². The zero-order valence-electron chi connectivity index (χ0n) is 15.1. The van der Waals surface area contributed by atoms with Crippen molar-refractivity contribution in [2.24, 2.45) is 5.92 Å². The highest BCUT2D eigenvalue weighted by Gasteiger charge is 2.21. The van der Waals surface area contributed by atoms with E-state index in [2.05, 4.69) is 20.4 Å². The number of nitrogens with one attached hydrogen (secondary N) is 2. The molecule has 2 N–H and O–H groups in total. The number of aromatic nitrogens is 2. The Hall–Kier alpha value is -2.73. The highest BCUT2D eigenvalue weighted by molar-refractivity contribution is 5.94. The van der Waals surface area contributed by atoms with Gasteiger partial charge in [0.15, 0.2) is 0 Å². The predicted molar refractivity (Wildman–Crippen MR) is 104 cm³/mol. The topological polar surface area (TPSA) is 61.0 Å². The van der Waals surface area contributed by atoms with Crippen molar-refractivity contribution in [3.05, 3.63) is 60.0 Å². The minimum Gasteiger partial charge on any atom is -0.325 e.